The Kier molecular flexibility index (Phi) is 3.88. The number of hydrogen-bond acceptors (Lipinski definition) is 1. The van der Waals surface area contributed by atoms with Gasteiger partial charge in [0.1, 0.15) is 11.5 Å². The molecule has 0 fully saturated rings. The summed E-state index contributed by atoms with van der Waals surface area (Å²) >= 11 is 0. The quantitative estimate of drug-likeness (QED) is 0.227. The van der Waals surface area contributed by atoms with Gasteiger partial charge in [0.2, 0.25) is 0 Å². The molecule has 1 heterocycles. The predicted octanol–water partition coefficient (Wildman–Crippen LogP) is 10.3. The molecule has 1 aliphatic rings. The maximum Gasteiger partial charge on any atom is 0.135 e. The van der Waals surface area contributed by atoms with Crippen molar-refractivity contribution < 1.29 is 7.48 Å². The van der Waals surface area contributed by atoms with Crippen molar-refractivity contribution in [3.63, 3.8) is 0 Å². The molecule has 1 aliphatic heterocycles. The fourth-order valence-corrected chi connectivity index (χ4v) is 5.96. The molecule has 0 bridgehead atoms. The summed E-state index contributed by atoms with van der Waals surface area (Å²) in [4.78, 5) is 0. The van der Waals surface area contributed by atoms with Crippen LogP contribution < -0.4 is 4.74 Å². The molecule has 8 rings (SSSR count). The zero-order valence-electron chi connectivity index (χ0n) is 22.0. The average Bonchev–Trinajstić information content (AvgIpc) is 2.97. The molecule has 0 saturated heterocycles. The second-order valence-corrected chi connectivity index (χ2v) is 9.47. The number of rotatable bonds is 2. The van der Waals surface area contributed by atoms with Crippen molar-refractivity contribution in [1.82, 2.24) is 0 Å². The molecule has 0 N–H and O–H groups in total. The highest BCUT2D eigenvalue weighted by Crippen LogP contribution is 2.51. The van der Waals surface area contributed by atoms with Crippen LogP contribution in [0.25, 0.3) is 65.7 Å². The number of ether oxygens (including phenoxy) is 1. The van der Waals surface area contributed by atoms with Gasteiger partial charge in [0.15, 0.2) is 0 Å². The van der Waals surface area contributed by atoms with Crippen molar-refractivity contribution in [3.8, 4) is 44.9 Å². The van der Waals surface area contributed by atoms with E-state index in [4.69, 9.17) is 7.48 Å². The van der Waals surface area contributed by atoms with Crippen LogP contribution in [0.4, 0.5) is 0 Å². The molecular formula is C36H22O. The molecule has 7 aromatic rings. The van der Waals surface area contributed by atoms with E-state index in [9.17, 15) is 0 Å². The lowest BCUT2D eigenvalue weighted by atomic mass is 9.83. The van der Waals surface area contributed by atoms with Gasteiger partial charge in [-0.3, -0.25) is 0 Å². The Morgan fingerprint density at radius 3 is 1.86 bits per heavy atom. The van der Waals surface area contributed by atoms with Gasteiger partial charge in [-0.25, -0.2) is 0 Å². The molecule has 37 heavy (non-hydrogen) atoms. The van der Waals surface area contributed by atoms with Gasteiger partial charge < -0.3 is 4.74 Å². The van der Waals surface area contributed by atoms with Gasteiger partial charge in [-0.05, 0) is 66.9 Å². The monoisotopic (exact) mass is 472 g/mol. The van der Waals surface area contributed by atoms with Crippen LogP contribution in [0.3, 0.4) is 0 Å². The smallest absolute Gasteiger partial charge is 0.135 e. The molecule has 0 spiro atoms. The lowest BCUT2D eigenvalue weighted by molar-refractivity contribution is 0.487. The van der Waals surface area contributed by atoms with Gasteiger partial charge in [0, 0.05) is 10.9 Å². The highest BCUT2D eigenvalue weighted by atomic mass is 16.5. The first-order valence-corrected chi connectivity index (χ1v) is 12.5. The van der Waals surface area contributed by atoms with E-state index in [0.717, 1.165) is 77.2 Å². The van der Waals surface area contributed by atoms with E-state index in [0.29, 0.717) is 12.1 Å². The second kappa shape index (κ2) is 7.81. The van der Waals surface area contributed by atoms with Gasteiger partial charge in [0.25, 0.3) is 0 Å². The summed E-state index contributed by atoms with van der Waals surface area (Å²) < 4.78 is 24.5. The molecule has 0 radical (unpaired) electrons. The van der Waals surface area contributed by atoms with Crippen LogP contribution >= 0.6 is 0 Å². The van der Waals surface area contributed by atoms with Crippen molar-refractivity contribution in [2.75, 3.05) is 0 Å². The largest absolute Gasteiger partial charge is 0.456 e. The molecule has 0 aromatic heterocycles. The van der Waals surface area contributed by atoms with Crippen molar-refractivity contribution in [3.05, 3.63) is 133 Å². The lowest BCUT2D eigenvalue weighted by Gasteiger charge is -2.24. The number of benzene rings is 7. The number of fused-ring (bicyclic) bond motifs is 4. The van der Waals surface area contributed by atoms with Crippen LogP contribution in [-0.4, -0.2) is 0 Å². The molecule has 0 saturated carbocycles. The summed E-state index contributed by atoms with van der Waals surface area (Å²) in [5.41, 5.74) is 6.31. The standard InChI is InChI=1S/C36H22O/c1-2-11-23(12-3-1)34-25-14-4-6-16-27(25)35(28-17-7-5-15-26(28)34)31-22-21-30-24-13-8-9-19-32(24)37-33-20-10-18-29(31)36(30)33/h1-22H/i14D,17D. The van der Waals surface area contributed by atoms with E-state index in [2.05, 4.69) is 48.5 Å². The van der Waals surface area contributed by atoms with Gasteiger partial charge in [-0.15, -0.1) is 0 Å². The summed E-state index contributed by atoms with van der Waals surface area (Å²) in [6, 6.07) is 41.7. The maximum atomic E-state index is 9.11. The van der Waals surface area contributed by atoms with Crippen molar-refractivity contribution >= 4 is 32.3 Å². The van der Waals surface area contributed by atoms with Crippen molar-refractivity contribution in [2.45, 2.75) is 0 Å². The van der Waals surface area contributed by atoms with Crippen LogP contribution in [0, 0.1) is 0 Å². The summed E-state index contributed by atoms with van der Waals surface area (Å²) in [6.07, 6.45) is 0. The van der Waals surface area contributed by atoms with Crippen LogP contribution in [-0.2, 0) is 0 Å². The lowest BCUT2D eigenvalue weighted by Crippen LogP contribution is -1.98. The molecule has 0 unspecified atom stereocenters. The molecule has 172 valence electrons. The summed E-state index contributed by atoms with van der Waals surface area (Å²) in [7, 11) is 0. The highest BCUT2D eigenvalue weighted by molar-refractivity contribution is 6.24. The zero-order chi connectivity index (χ0) is 26.1. The maximum absolute atomic E-state index is 9.11. The van der Waals surface area contributed by atoms with Crippen LogP contribution in [0.1, 0.15) is 2.74 Å². The Hall–Kier alpha value is -4.88. The predicted molar refractivity (Wildman–Crippen MR) is 155 cm³/mol. The van der Waals surface area contributed by atoms with Gasteiger partial charge in [-0.2, -0.15) is 0 Å². The minimum Gasteiger partial charge on any atom is -0.456 e. The van der Waals surface area contributed by atoms with Crippen molar-refractivity contribution in [1.29, 1.82) is 0 Å². The Morgan fingerprint density at radius 2 is 1.03 bits per heavy atom. The Bertz CT molecular complexity index is 2110. The first kappa shape index (κ1) is 18.4. The van der Waals surface area contributed by atoms with Gasteiger partial charge in [-0.1, -0.05) is 121 Å². The molecule has 7 aromatic carbocycles. The molecule has 0 aliphatic carbocycles. The van der Waals surface area contributed by atoms with E-state index < -0.39 is 0 Å². The van der Waals surface area contributed by atoms with E-state index in [1.54, 1.807) is 0 Å². The topological polar surface area (TPSA) is 9.23 Å². The van der Waals surface area contributed by atoms with Gasteiger partial charge in [0.05, 0.1) is 2.74 Å². The summed E-state index contributed by atoms with van der Waals surface area (Å²) in [6.45, 7) is 0. The fourth-order valence-electron chi connectivity index (χ4n) is 5.96. The third-order valence-corrected chi connectivity index (χ3v) is 7.48. The molecule has 1 nitrogen and oxygen atoms in total. The second-order valence-electron chi connectivity index (χ2n) is 9.47. The Labute approximate surface area is 218 Å². The van der Waals surface area contributed by atoms with E-state index >= 15 is 0 Å². The first-order chi connectivity index (χ1) is 19.2. The summed E-state index contributed by atoms with van der Waals surface area (Å²) in [5.74, 6) is 1.70. The SMILES string of the molecule is [2H]c1cccc2c(-c3ccc4c5c(cccc35)Oc3ccccc3-4)c3c([2H])cccc3c(-c3ccccc3)c12. The normalized spacial score (nSPS) is 12.8. The minimum atomic E-state index is 0.471. The Balaban J connectivity index is 1.57. The van der Waals surface area contributed by atoms with Crippen LogP contribution in [0.5, 0.6) is 11.5 Å². The average molecular weight is 473 g/mol. The third kappa shape index (κ3) is 2.92. The fraction of sp³-hybridized carbons (Fsp3) is 0. The number of hydrogen-bond donors (Lipinski definition) is 0. The number of para-hydroxylation sites is 1. The molecule has 0 amide bonds. The van der Waals surface area contributed by atoms with E-state index in [1.165, 1.54) is 0 Å². The minimum absolute atomic E-state index is 0.471. The van der Waals surface area contributed by atoms with Crippen LogP contribution in [0.2, 0.25) is 0 Å². The van der Waals surface area contributed by atoms with Gasteiger partial charge >= 0.3 is 0 Å². The van der Waals surface area contributed by atoms with Crippen molar-refractivity contribution in [2.24, 2.45) is 0 Å². The van der Waals surface area contributed by atoms with Crippen LogP contribution in [0.15, 0.2) is 133 Å². The third-order valence-electron chi connectivity index (χ3n) is 7.48. The highest BCUT2D eigenvalue weighted by Gasteiger charge is 2.23. The molecule has 0 atom stereocenters. The molecule has 1 heteroatoms. The summed E-state index contributed by atoms with van der Waals surface area (Å²) in [5, 5.41) is 5.91. The molecular weight excluding hydrogens is 448 g/mol. The Morgan fingerprint density at radius 1 is 0.405 bits per heavy atom. The van der Waals surface area contributed by atoms with E-state index in [1.807, 2.05) is 72.8 Å². The first-order valence-electron chi connectivity index (χ1n) is 13.5. The zero-order valence-corrected chi connectivity index (χ0v) is 20.0. The van der Waals surface area contributed by atoms with E-state index in [-0.39, 0.29) is 0 Å².